The third-order valence-corrected chi connectivity index (χ3v) is 12.8. The predicted octanol–water partition coefficient (Wildman–Crippen LogP) is 5.17. The fourth-order valence-electron chi connectivity index (χ4n) is 6.36. The van der Waals surface area contributed by atoms with E-state index in [1.54, 1.807) is 64.1 Å². The second-order valence-corrected chi connectivity index (χ2v) is 22.1. The molecular weight excluding hydrogens is 1020 g/mol. The fourth-order valence-corrected chi connectivity index (χ4v) is 7.80. The summed E-state index contributed by atoms with van der Waals surface area (Å²) in [6, 6.07) is 17.1. The van der Waals surface area contributed by atoms with Crippen LogP contribution in [0.1, 0.15) is 82.9 Å². The Labute approximate surface area is 437 Å². The van der Waals surface area contributed by atoms with Gasteiger partial charge in [-0.05, 0) is 130 Å². The van der Waals surface area contributed by atoms with Crippen LogP contribution in [0.5, 0.6) is 0 Å². The molecule has 1 aliphatic heterocycles. The zero-order valence-corrected chi connectivity index (χ0v) is 45.8. The van der Waals surface area contributed by atoms with E-state index >= 15 is 0 Å². The summed E-state index contributed by atoms with van der Waals surface area (Å²) in [5.74, 6) is -0.499. The summed E-state index contributed by atoms with van der Waals surface area (Å²) in [6.07, 6.45) is 6.49. The Hall–Kier alpha value is -5.22. The van der Waals surface area contributed by atoms with Crippen molar-refractivity contribution in [3.63, 3.8) is 0 Å². The van der Waals surface area contributed by atoms with E-state index in [0.29, 0.717) is 52.3 Å². The van der Waals surface area contributed by atoms with Gasteiger partial charge >= 0.3 is 12.1 Å². The lowest BCUT2D eigenvalue weighted by Gasteiger charge is -2.23. The van der Waals surface area contributed by atoms with Crippen molar-refractivity contribution in [3.05, 3.63) is 89.5 Å². The topological polar surface area (TPSA) is 341 Å². The van der Waals surface area contributed by atoms with E-state index in [1.807, 2.05) is 20.8 Å². The second-order valence-electron chi connectivity index (χ2n) is 17.9. The molecule has 1 saturated heterocycles. The van der Waals surface area contributed by atoms with Gasteiger partial charge in [-0.1, -0.05) is 59.5 Å². The average molecular weight is 1100 g/mol. The summed E-state index contributed by atoms with van der Waals surface area (Å²) in [5.41, 5.74) is 2.20. The molecule has 1 aliphatic rings. The zero-order valence-electron chi connectivity index (χ0n) is 43.3. The fraction of sp³-hybridized carbons (Fsp3) is 0.531. The van der Waals surface area contributed by atoms with E-state index < -0.39 is 48.1 Å². The molecule has 1 fully saturated rings. The van der Waals surface area contributed by atoms with E-state index in [-0.39, 0.29) is 38.6 Å². The van der Waals surface area contributed by atoms with E-state index in [4.69, 9.17) is 38.7 Å². The van der Waals surface area contributed by atoms with E-state index in [0.717, 1.165) is 62.0 Å². The minimum Gasteiger partial charge on any atom is -0.465 e. The first-order chi connectivity index (χ1) is 34.6. The van der Waals surface area contributed by atoms with Crippen molar-refractivity contribution in [2.75, 3.05) is 59.1 Å². The number of nitrogens with one attached hydrogen (secondary N) is 6. The van der Waals surface area contributed by atoms with Crippen LogP contribution in [0.2, 0.25) is 0 Å². The number of hydrogen-bond acceptors (Lipinski definition) is 17. The van der Waals surface area contributed by atoms with Gasteiger partial charge in [-0.15, -0.1) is 0 Å². The van der Waals surface area contributed by atoms with Crippen molar-refractivity contribution in [2.24, 2.45) is 0 Å². The number of aryl methyl sites for hydroxylation is 3. The molecule has 3 aromatic rings. The van der Waals surface area contributed by atoms with Crippen LogP contribution in [-0.4, -0.2) is 157 Å². The molecule has 2 amide bonds. The lowest BCUT2D eigenvalue weighted by Crippen LogP contribution is -2.48. The van der Waals surface area contributed by atoms with Gasteiger partial charge in [0.1, 0.15) is 17.7 Å². The highest BCUT2D eigenvalue weighted by atomic mass is 32.2. The molecule has 4 rings (SSSR count). The molecule has 1 heterocycles. The quantitative estimate of drug-likeness (QED) is 0.0156. The predicted molar refractivity (Wildman–Crippen MR) is 282 cm³/mol. The zero-order chi connectivity index (χ0) is 56.0. The van der Waals surface area contributed by atoms with Crippen LogP contribution >= 0.6 is 0 Å². The Balaban J connectivity index is 0.000000654. The van der Waals surface area contributed by atoms with Crippen molar-refractivity contribution in [3.8, 4) is 0 Å². The van der Waals surface area contributed by atoms with Crippen molar-refractivity contribution >= 4 is 60.8 Å². The molecule has 25 heteroatoms. The van der Waals surface area contributed by atoms with Gasteiger partial charge < -0.3 is 46.3 Å². The number of amides is 2. The maximum absolute atomic E-state index is 12.8. The summed E-state index contributed by atoms with van der Waals surface area (Å²) < 4.78 is 105. The van der Waals surface area contributed by atoms with Gasteiger partial charge in [0.05, 0.1) is 34.5 Å². The molecule has 0 aromatic heterocycles. The summed E-state index contributed by atoms with van der Waals surface area (Å²) in [6.45, 7) is 17.4. The molecule has 416 valence electrons. The van der Waals surface area contributed by atoms with Crippen LogP contribution in [0.3, 0.4) is 0 Å². The average Bonchev–Trinajstić information content (AvgIpc) is 4.07. The number of ether oxygens (including phenoxy) is 3. The minimum absolute atomic E-state index is 0.0666. The minimum atomic E-state index is -4.02. The van der Waals surface area contributed by atoms with Gasteiger partial charge in [0, 0.05) is 44.7 Å². The number of benzene rings is 3. The monoisotopic (exact) mass is 1100 g/mol. The normalized spacial score (nSPS) is 14.9. The Morgan fingerprint density at radius 1 is 0.689 bits per heavy atom. The van der Waals surface area contributed by atoms with Crippen molar-refractivity contribution in [2.45, 2.75) is 125 Å². The first-order valence-corrected chi connectivity index (χ1v) is 28.2. The number of rotatable bonds is 27. The van der Waals surface area contributed by atoms with Crippen LogP contribution in [0.4, 0.5) is 4.79 Å². The third-order valence-electron chi connectivity index (χ3n) is 10.2. The summed E-state index contributed by atoms with van der Waals surface area (Å²) in [7, 11) is -12.1. The number of nitrogens with zero attached hydrogens (tertiary/aromatic N) is 1. The molecule has 0 radical (unpaired) electrons. The number of hydrogen-bond donors (Lipinski definition) is 9. The molecule has 4 unspecified atom stereocenters. The molecule has 3 aromatic carbocycles. The number of unbranched alkanes of at least 4 members (excludes halogenated alkanes) is 2. The Bertz CT molecular complexity index is 2320. The van der Waals surface area contributed by atoms with E-state index in [2.05, 4.69) is 26.2 Å². The van der Waals surface area contributed by atoms with Gasteiger partial charge in [0.25, 0.3) is 30.4 Å². The molecule has 22 nitrogen and oxygen atoms in total. The molecular formula is C49H77N7O15S3. The maximum atomic E-state index is 12.8. The lowest BCUT2D eigenvalue weighted by molar-refractivity contribution is -0.148. The third kappa shape index (κ3) is 30.9. The van der Waals surface area contributed by atoms with Crippen LogP contribution < -0.4 is 21.3 Å². The van der Waals surface area contributed by atoms with Gasteiger partial charge in [0.2, 0.25) is 5.91 Å². The Kier molecular flexibility index (Phi) is 31.0. The second kappa shape index (κ2) is 34.4. The molecule has 0 bridgehead atoms. The van der Waals surface area contributed by atoms with Gasteiger partial charge in [-0.25, -0.2) is 4.79 Å². The van der Waals surface area contributed by atoms with Crippen molar-refractivity contribution in [1.82, 2.24) is 26.2 Å². The molecule has 0 spiro atoms. The van der Waals surface area contributed by atoms with Gasteiger partial charge in [-0.2, -0.15) is 25.3 Å². The smallest absolute Gasteiger partial charge is 0.408 e. The molecule has 74 heavy (non-hydrogen) atoms. The SMILES string of the molecule is CCOC(=O)C(CCCCNCC=N)N1CC1COCCNC(=O)C(CCCCNCC=N)NC(=O)OC(C)(C)C.Cc1ccc(S(=O)(=O)O)cc1.Cc1ccc(S(=O)(=O)O)cc1.Cc1ccc(S(=O)(=O)O)cc1. The number of carbonyl (C=O) groups excluding carboxylic acids is 3. The first kappa shape index (κ1) is 66.8. The van der Waals surface area contributed by atoms with Crippen LogP contribution in [0.15, 0.2) is 87.5 Å². The van der Waals surface area contributed by atoms with Crippen LogP contribution in [0.25, 0.3) is 0 Å². The lowest BCUT2D eigenvalue weighted by atomic mass is 10.1. The number of carbonyl (C=O) groups is 3. The van der Waals surface area contributed by atoms with E-state index in [9.17, 15) is 39.6 Å². The Morgan fingerprint density at radius 3 is 1.49 bits per heavy atom. The van der Waals surface area contributed by atoms with Crippen molar-refractivity contribution < 1.29 is 67.5 Å². The van der Waals surface area contributed by atoms with Crippen LogP contribution in [-0.2, 0) is 54.2 Å². The number of alkyl carbamates (subject to hydrolysis) is 1. The summed E-state index contributed by atoms with van der Waals surface area (Å²) in [4.78, 5) is 39.5. The van der Waals surface area contributed by atoms with Gasteiger partial charge in [0.15, 0.2) is 0 Å². The van der Waals surface area contributed by atoms with Gasteiger partial charge in [-0.3, -0.25) is 28.1 Å². The Morgan fingerprint density at radius 2 is 1.11 bits per heavy atom. The number of esters is 1. The summed E-state index contributed by atoms with van der Waals surface area (Å²) in [5, 5.41) is 25.9. The molecule has 4 atom stereocenters. The molecule has 9 N–H and O–H groups in total. The highest BCUT2D eigenvalue weighted by Gasteiger charge is 2.43. The first-order valence-electron chi connectivity index (χ1n) is 23.9. The molecule has 0 aliphatic carbocycles. The summed E-state index contributed by atoms with van der Waals surface area (Å²) >= 11 is 0. The highest BCUT2D eigenvalue weighted by Crippen LogP contribution is 2.26. The largest absolute Gasteiger partial charge is 0.465 e. The van der Waals surface area contributed by atoms with Crippen LogP contribution in [0, 0.1) is 31.6 Å². The highest BCUT2D eigenvalue weighted by molar-refractivity contribution is 7.86. The standard InChI is InChI=1S/C28H53N7O6.3C7H8O3S/c1-5-40-26(37)24(11-7-9-15-32-17-13-30)35-20-22(35)21-39-19-18-33-25(36)23(10-6-8-14-31-16-12-29)34-27(38)41-28(2,3)4;3*1-6-2-4-7(5-3-6)11(8,9)10/h12-13,22-24,29-32H,5-11,14-21H2,1-4H3,(H,33,36)(H,34,38);3*2-5H,1H3,(H,8,9,10). The maximum Gasteiger partial charge on any atom is 0.408 e. The molecule has 0 saturated carbocycles. The van der Waals surface area contributed by atoms with E-state index in [1.165, 1.54) is 48.8 Å². The van der Waals surface area contributed by atoms with Crippen molar-refractivity contribution in [1.29, 1.82) is 10.8 Å².